The second-order valence-corrected chi connectivity index (χ2v) is 3.20. The Hall–Kier alpha value is -0.240. The maximum absolute atomic E-state index is 9.54. The number of ether oxygens (including phenoxy) is 3. The van der Waals surface area contributed by atoms with Crippen molar-refractivity contribution in [3.63, 3.8) is 0 Å². The molecular weight excluding hydrogens is 192 g/mol. The first kappa shape index (κ1) is 11.8. The fourth-order valence-electron chi connectivity index (χ4n) is 1.48. The smallest absolute Gasteiger partial charge is 0.184 e. The van der Waals surface area contributed by atoms with E-state index in [4.69, 9.17) is 14.2 Å². The molecule has 0 bridgehead atoms. The van der Waals surface area contributed by atoms with Crippen LogP contribution in [0.3, 0.4) is 0 Å². The summed E-state index contributed by atoms with van der Waals surface area (Å²) in [5.41, 5.74) is 0. The number of hydrogen-bond acceptors (Lipinski definition) is 6. The van der Waals surface area contributed by atoms with Crippen LogP contribution < -0.4 is 0 Å². The lowest BCUT2D eigenvalue weighted by Gasteiger charge is -2.39. The van der Waals surface area contributed by atoms with Crippen LogP contribution in [0.2, 0.25) is 0 Å². The van der Waals surface area contributed by atoms with Crippen LogP contribution in [0.4, 0.5) is 0 Å². The highest BCUT2D eigenvalue weighted by Gasteiger charge is 2.43. The summed E-state index contributed by atoms with van der Waals surface area (Å²) in [4.78, 5) is 0. The number of rotatable bonds is 3. The van der Waals surface area contributed by atoms with E-state index in [0.29, 0.717) is 0 Å². The zero-order valence-electron chi connectivity index (χ0n) is 8.16. The monoisotopic (exact) mass is 208 g/mol. The highest BCUT2D eigenvalue weighted by molar-refractivity contribution is 4.89. The van der Waals surface area contributed by atoms with Gasteiger partial charge in [0.1, 0.15) is 24.4 Å². The molecule has 1 fully saturated rings. The molecule has 6 heteroatoms. The predicted molar refractivity (Wildman–Crippen MR) is 45.6 cm³/mol. The molecule has 84 valence electrons. The lowest BCUT2D eigenvalue weighted by molar-refractivity contribution is -0.292. The van der Waals surface area contributed by atoms with Crippen molar-refractivity contribution in [3.8, 4) is 0 Å². The third kappa shape index (κ3) is 2.22. The van der Waals surface area contributed by atoms with Gasteiger partial charge in [0.15, 0.2) is 6.29 Å². The molecule has 0 aromatic rings. The molecule has 0 saturated carbocycles. The van der Waals surface area contributed by atoms with E-state index in [0.717, 1.165) is 0 Å². The fourth-order valence-corrected chi connectivity index (χ4v) is 1.48. The largest absolute Gasteiger partial charge is 0.387 e. The minimum atomic E-state index is -1.25. The topological polar surface area (TPSA) is 88.4 Å². The van der Waals surface area contributed by atoms with Gasteiger partial charge < -0.3 is 29.5 Å². The number of hydrogen-bond donors (Lipinski definition) is 3. The van der Waals surface area contributed by atoms with Crippen molar-refractivity contribution in [2.45, 2.75) is 30.7 Å². The maximum Gasteiger partial charge on any atom is 0.184 e. The van der Waals surface area contributed by atoms with Gasteiger partial charge in [0, 0.05) is 14.2 Å². The van der Waals surface area contributed by atoms with Gasteiger partial charge in [-0.15, -0.1) is 0 Å². The molecule has 0 spiro atoms. The Bertz CT molecular complexity index is 173. The molecular formula is C8H16O6. The SMILES string of the molecule is COC[C@H]1O[C@@H](O)[C@H](OC)[C@@H](O)[C@@H]1O. The molecule has 0 amide bonds. The molecule has 0 unspecified atom stereocenters. The van der Waals surface area contributed by atoms with E-state index in [2.05, 4.69) is 0 Å². The van der Waals surface area contributed by atoms with Crippen molar-refractivity contribution in [2.75, 3.05) is 20.8 Å². The van der Waals surface area contributed by atoms with E-state index < -0.39 is 30.7 Å². The average molecular weight is 208 g/mol. The normalized spacial score (nSPS) is 43.9. The third-order valence-electron chi connectivity index (χ3n) is 2.27. The van der Waals surface area contributed by atoms with Crippen LogP contribution in [0, 0.1) is 0 Å². The van der Waals surface area contributed by atoms with E-state index >= 15 is 0 Å². The fraction of sp³-hybridized carbons (Fsp3) is 1.00. The van der Waals surface area contributed by atoms with Crippen LogP contribution in [0.5, 0.6) is 0 Å². The van der Waals surface area contributed by atoms with Crippen LogP contribution in [0.25, 0.3) is 0 Å². The number of methoxy groups -OCH3 is 2. The second-order valence-electron chi connectivity index (χ2n) is 3.20. The summed E-state index contributed by atoms with van der Waals surface area (Å²) in [7, 11) is 2.76. The Morgan fingerprint density at radius 3 is 2.29 bits per heavy atom. The zero-order valence-corrected chi connectivity index (χ0v) is 8.16. The average Bonchev–Trinajstić information content (AvgIpc) is 2.15. The van der Waals surface area contributed by atoms with Crippen molar-refractivity contribution in [1.82, 2.24) is 0 Å². The van der Waals surface area contributed by atoms with Gasteiger partial charge in [-0.1, -0.05) is 0 Å². The first-order valence-electron chi connectivity index (χ1n) is 4.33. The van der Waals surface area contributed by atoms with Crippen LogP contribution in [-0.2, 0) is 14.2 Å². The molecule has 1 rings (SSSR count). The Kier molecular flexibility index (Phi) is 4.24. The van der Waals surface area contributed by atoms with Crippen LogP contribution in [-0.4, -0.2) is 66.9 Å². The van der Waals surface area contributed by atoms with Gasteiger partial charge in [0.05, 0.1) is 6.61 Å². The molecule has 14 heavy (non-hydrogen) atoms. The Labute approximate surface area is 82.0 Å². The standard InChI is InChI=1S/C8H16O6/c1-12-3-4-5(9)6(10)7(13-2)8(11)14-4/h4-11H,3H2,1-2H3/t4-,5-,6+,7-,8-/m1/s1. The maximum atomic E-state index is 9.54. The summed E-state index contributed by atoms with van der Waals surface area (Å²) in [5, 5.41) is 28.5. The van der Waals surface area contributed by atoms with Gasteiger partial charge >= 0.3 is 0 Å². The Morgan fingerprint density at radius 1 is 1.14 bits per heavy atom. The molecule has 1 heterocycles. The number of aliphatic hydroxyl groups is 3. The third-order valence-corrected chi connectivity index (χ3v) is 2.27. The van der Waals surface area contributed by atoms with Gasteiger partial charge in [-0.2, -0.15) is 0 Å². The summed E-state index contributed by atoms with van der Waals surface area (Å²) >= 11 is 0. The van der Waals surface area contributed by atoms with Crippen LogP contribution in [0.1, 0.15) is 0 Å². The molecule has 0 aliphatic carbocycles. The van der Waals surface area contributed by atoms with E-state index in [1.807, 2.05) is 0 Å². The van der Waals surface area contributed by atoms with Crippen LogP contribution >= 0.6 is 0 Å². The molecule has 0 aromatic carbocycles. The molecule has 0 radical (unpaired) electrons. The van der Waals surface area contributed by atoms with E-state index in [-0.39, 0.29) is 6.61 Å². The molecule has 6 nitrogen and oxygen atoms in total. The molecule has 3 N–H and O–H groups in total. The summed E-state index contributed by atoms with van der Waals surface area (Å²) in [6.45, 7) is 0.103. The van der Waals surface area contributed by atoms with Crippen molar-refractivity contribution < 1.29 is 29.5 Å². The predicted octanol–water partition coefficient (Wildman–Crippen LogP) is -1.91. The van der Waals surface area contributed by atoms with Gasteiger partial charge in [-0.3, -0.25) is 0 Å². The molecule has 1 aliphatic heterocycles. The van der Waals surface area contributed by atoms with Crippen LogP contribution in [0.15, 0.2) is 0 Å². The van der Waals surface area contributed by atoms with E-state index in [1.165, 1.54) is 14.2 Å². The molecule has 1 saturated heterocycles. The molecule has 5 atom stereocenters. The first-order chi connectivity index (χ1) is 6.61. The van der Waals surface area contributed by atoms with Crippen molar-refractivity contribution >= 4 is 0 Å². The summed E-state index contributed by atoms with van der Waals surface area (Å²) in [6.07, 6.45) is -5.22. The van der Waals surface area contributed by atoms with Gasteiger partial charge in [-0.25, -0.2) is 0 Å². The first-order valence-corrected chi connectivity index (χ1v) is 4.33. The summed E-state index contributed by atoms with van der Waals surface area (Å²) < 4.78 is 14.6. The van der Waals surface area contributed by atoms with Gasteiger partial charge in [0.25, 0.3) is 0 Å². The minimum absolute atomic E-state index is 0.103. The molecule has 1 aliphatic rings. The lowest BCUT2D eigenvalue weighted by Crippen LogP contribution is -2.59. The Morgan fingerprint density at radius 2 is 1.79 bits per heavy atom. The summed E-state index contributed by atoms with van der Waals surface area (Å²) in [5.74, 6) is 0. The van der Waals surface area contributed by atoms with Crippen molar-refractivity contribution in [1.29, 1.82) is 0 Å². The zero-order chi connectivity index (χ0) is 10.7. The van der Waals surface area contributed by atoms with Gasteiger partial charge in [-0.05, 0) is 0 Å². The van der Waals surface area contributed by atoms with E-state index in [1.54, 1.807) is 0 Å². The second kappa shape index (κ2) is 5.01. The van der Waals surface area contributed by atoms with Gasteiger partial charge in [0.2, 0.25) is 0 Å². The van der Waals surface area contributed by atoms with Crippen molar-refractivity contribution in [2.24, 2.45) is 0 Å². The summed E-state index contributed by atoms with van der Waals surface area (Å²) in [6, 6.07) is 0. The highest BCUT2D eigenvalue weighted by atomic mass is 16.7. The number of aliphatic hydroxyl groups excluding tert-OH is 3. The minimum Gasteiger partial charge on any atom is -0.387 e. The highest BCUT2D eigenvalue weighted by Crippen LogP contribution is 2.21. The quantitative estimate of drug-likeness (QED) is 0.501. The van der Waals surface area contributed by atoms with Crippen molar-refractivity contribution in [3.05, 3.63) is 0 Å². The Balaban J connectivity index is 2.62. The lowest BCUT2D eigenvalue weighted by atomic mass is 9.99. The molecule has 0 aromatic heterocycles. The van der Waals surface area contributed by atoms with E-state index in [9.17, 15) is 15.3 Å².